The first-order chi connectivity index (χ1) is 12.0. The Labute approximate surface area is 150 Å². The highest BCUT2D eigenvalue weighted by atomic mass is 16.5. The van der Waals surface area contributed by atoms with Gasteiger partial charge in [-0.25, -0.2) is 0 Å². The molecule has 0 radical (unpaired) electrons. The van der Waals surface area contributed by atoms with Gasteiger partial charge in [0.2, 0.25) is 5.91 Å². The van der Waals surface area contributed by atoms with Crippen molar-refractivity contribution in [2.24, 2.45) is 0 Å². The molecule has 138 valence electrons. The zero-order valence-electron chi connectivity index (χ0n) is 15.7. The van der Waals surface area contributed by atoms with Crippen LogP contribution in [0.4, 0.5) is 0 Å². The molecule has 2 aliphatic heterocycles. The van der Waals surface area contributed by atoms with E-state index >= 15 is 0 Å². The van der Waals surface area contributed by atoms with Crippen molar-refractivity contribution >= 4 is 5.91 Å². The zero-order chi connectivity index (χ0) is 17.9. The van der Waals surface area contributed by atoms with Crippen LogP contribution in [-0.4, -0.2) is 60.7 Å². The number of para-hydroxylation sites is 1. The SMILES string of the molecule is COCCC(=O)N1Cc2ccccc2OC2(CCN(C(C)C)CC2)C1. The van der Waals surface area contributed by atoms with Crippen LogP contribution in [0.3, 0.4) is 0 Å². The molecule has 0 aliphatic carbocycles. The average Bonchev–Trinajstić information content (AvgIpc) is 2.76. The van der Waals surface area contributed by atoms with Gasteiger partial charge in [0.25, 0.3) is 0 Å². The number of methoxy groups -OCH3 is 1. The van der Waals surface area contributed by atoms with Crippen LogP contribution in [0.2, 0.25) is 0 Å². The van der Waals surface area contributed by atoms with Crippen LogP contribution in [0.5, 0.6) is 5.75 Å². The number of carbonyl (C=O) groups is 1. The van der Waals surface area contributed by atoms with Gasteiger partial charge >= 0.3 is 0 Å². The lowest BCUT2D eigenvalue weighted by Crippen LogP contribution is -2.55. The maximum atomic E-state index is 12.7. The second kappa shape index (κ2) is 7.75. The molecule has 5 heteroatoms. The molecule has 5 nitrogen and oxygen atoms in total. The Hall–Kier alpha value is -1.59. The summed E-state index contributed by atoms with van der Waals surface area (Å²) in [5.41, 5.74) is 0.817. The van der Waals surface area contributed by atoms with E-state index in [0.29, 0.717) is 32.2 Å². The Morgan fingerprint density at radius 3 is 2.68 bits per heavy atom. The van der Waals surface area contributed by atoms with Gasteiger partial charge in [-0.1, -0.05) is 18.2 Å². The van der Waals surface area contributed by atoms with Crippen LogP contribution in [0, 0.1) is 0 Å². The quantitative estimate of drug-likeness (QED) is 0.841. The number of nitrogens with zero attached hydrogens (tertiary/aromatic N) is 2. The molecule has 0 unspecified atom stereocenters. The second-order valence-corrected chi connectivity index (χ2v) is 7.52. The number of carbonyl (C=O) groups excluding carboxylic acids is 1. The van der Waals surface area contributed by atoms with Crippen molar-refractivity contribution in [1.82, 2.24) is 9.80 Å². The molecule has 0 aromatic heterocycles. The fourth-order valence-corrected chi connectivity index (χ4v) is 3.84. The van der Waals surface area contributed by atoms with Gasteiger partial charge in [-0.05, 0) is 19.9 Å². The fraction of sp³-hybridized carbons (Fsp3) is 0.650. The van der Waals surface area contributed by atoms with E-state index in [1.54, 1.807) is 7.11 Å². The molecule has 0 bridgehead atoms. The Kier molecular flexibility index (Phi) is 5.64. The lowest BCUT2D eigenvalue weighted by Gasteiger charge is -2.44. The van der Waals surface area contributed by atoms with Crippen molar-refractivity contribution in [3.8, 4) is 5.75 Å². The monoisotopic (exact) mass is 346 g/mol. The van der Waals surface area contributed by atoms with Crippen molar-refractivity contribution in [3.63, 3.8) is 0 Å². The van der Waals surface area contributed by atoms with E-state index in [2.05, 4.69) is 24.8 Å². The molecule has 1 spiro atoms. The molecule has 25 heavy (non-hydrogen) atoms. The van der Waals surface area contributed by atoms with Gasteiger partial charge < -0.3 is 19.3 Å². The van der Waals surface area contributed by atoms with Crippen molar-refractivity contribution in [2.45, 2.75) is 51.3 Å². The average molecular weight is 346 g/mol. The summed E-state index contributed by atoms with van der Waals surface area (Å²) in [7, 11) is 1.64. The van der Waals surface area contributed by atoms with E-state index < -0.39 is 0 Å². The van der Waals surface area contributed by atoms with Crippen molar-refractivity contribution in [2.75, 3.05) is 33.4 Å². The first-order valence-electron chi connectivity index (χ1n) is 9.31. The summed E-state index contributed by atoms with van der Waals surface area (Å²) in [6.45, 7) is 8.25. The maximum absolute atomic E-state index is 12.7. The summed E-state index contributed by atoms with van der Waals surface area (Å²) in [6.07, 6.45) is 2.33. The molecular weight excluding hydrogens is 316 g/mol. The summed E-state index contributed by atoms with van der Waals surface area (Å²) in [6, 6.07) is 8.68. The summed E-state index contributed by atoms with van der Waals surface area (Å²) < 4.78 is 11.6. The van der Waals surface area contributed by atoms with Gasteiger partial charge in [0.15, 0.2) is 0 Å². The maximum Gasteiger partial charge on any atom is 0.225 e. The number of fused-ring (bicyclic) bond motifs is 1. The highest BCUT2D eigenvalue weighted by molar-refractivity contribution is 5.76. The van der Waals surface area contributed by atoms with E-state index in [1.807, 2.05) is 23.1 Å². The van der Waals surface area contributed by atoms with Crippen molar-refractivity contribution in [3.05, 3.63) is 29.8 Å². The smallest absolute Gasteiger partial charge is 0.225 e. The number of piperidine rings is 1. The molecule has 1 saturated heterocycles. The zero-order valence-corrected chi connectivity index (χ0v) is 15.7. The summed E-state index contributed by atoms with van der Waals surface area (Å²) in [5.74, 6) is 1.08. The molecule has 2 heterocycles. The van der Waals surface area contributed by atoms with E-state index in [4.69, 9.17) is 9.47 Å². The summed E-state index contributed by atoms with van der Waals surface area (Å²) in [4.78, 5) is 17.2. The lowest BCUT2D eigenvalue weighted by molar-refractivity contribution is -0.136. The van der Waals surface area contributed by atoms with Crippen LogP contribution < -0.4 is 4.74 Å². The molecule has 0 N–H and O–H groups in total. The number of likely N-dealkylation sites (tertiary alicyclic amines) is 1. The second-order valence-electron chi connectivity index (χ2n) is 7.52. The normalized spacial score (nSPS) is 20.2. The minimum atomic E-state index is -0.277. The molecule has 3 rings (SSSR count). The van der Waals surface area contributed by atoms with Gasteiger partial charge in [0.1, 0.15) is 11.4 Å². The minimum Gasteiger partial charge on any atom is -0.485 e. The summed E-state index contributed by atoms with van der Waals surface area (Å²) >= 11 is 0. The van der Waals surface area contributed by atoms with E-state index in [-0.39, 0.29) is 11.5 Å². The third-order valence-electron chi connectivity index (χ3n) is 5.45. The fourth-order valence-electron chi connectivity index (χ4n) is 3.84. The van der Waals surface area contributed by atoms with Gasteiger partial charge in [0.05, 0.1) is 19.6 Å². The van der Waals surface area contributed by atoms with Gasteiger partial charge in [0, 0.05) is 51.2 Å². The summed E-state index contributed by atoms with van der Waals surface area (Å²) in [5, 5.41) is 0. The number of rotatable bonds is 4. The van der Waals surface area contributed by atoms with Crippen LogP contribution in [-0.2, 0) is 16.1 Å². The number of hydrogen-bond acceptors (Lipinski definition) is 4. The standard InChI is InChI=1S/C20H30N2O3/c1-16(2)21-11-9-20(10-12-21)15-22(19(23)8-13-24-3)14-17-6-4-5-7-18(17)25-20/h4-7,16H,8-15H2,1-3H3. The van der Waals surface area contributed by atoms with Gasteiger partial charge in [-0.3, -0.25) is 4.79 Å². The third kappa shape index (κ3) is 4.15. The van der Waals surface area contributed by atoms with Crippen molar-refractivity contribution < 1.29 is 14.3 Å². The third-order valence-corrected chi connectivity index (χ3v) is 5.45. The predicted octanol–water partition coefficient (Wildman–Crippen LogP) is 2.69. The highest BCUT2D eigenvalue weighted by Crippen LogP contribution is 2.36. The lowest BCUT2D eigenvalue weighted by atomic mass is 9.89. The van der Waals surface area contributed by atoms with Gasteiger partial charge in [-0.2, -0.15) is 0 Å². The minimum absolute atomic E-state index is 0.146. The number of hydrogen-bond donors (Lipinski definition) is 0. The molecule has 1 amide bonds. The molecule has 1 aromatic carbocycles. The van der Waals surface area contributed by atoms with E-state index in [0.717, 1.165) is 37.2 Å². The molecule has 0 saturated carbocycles. The van der Waals surface area contributed by atoms with Crippen LogP contribution in [0.1, 0.15) is 38.7 Å². The highest BCUT2D eigenvalue weighted by Gasteiger charge is 2.42. The van der Waals surface area contributed by atoms with Gasteiger partial charge in [-0.15, -0.1) is 0 Å². The molecule has 1 aromatic rings. The van der Waals surface area contributed by atoms with Crippen LogP contribution in [0.25, 0.3) is 0 Å². The Morgan fingerprint density at radius 1 is 1.28 bits per heavy atom. The predicted molar refractivity (Wildman–Crippen MR) is 97.7 cm³/mol. The molecule has 2 aliphatic rings. The first kappa shape index (κ1) is 18.2. The molecule has 1 fully saturated rings. The Bertz CT molecular complexity index is 594. The van der Waals surface area contributed by atoms with Crippen molar-refractivity contribution in [1.29, 1.82) is 0 Å². The molecule has 0 atom stereocenters. The number of ether oxygens (including phenoxy) is 2. The number of benzene rings is 1. The molecular formula is C20H30N2O3. The topological polar surface area (TPSA) is 42.0 Å². The Balaban J connectivity index is 1.82. The Morgan fingerprint density at radius 2 is 2.00 bits per heavy atom. The largest absolute Gasteiger partial charge is 0.485 e. The number of amides is 1. The first-order valence-corrected chi connectivity index (χ1v) is 9.31. The van der Waals surface area contributed by atoms with E-state index in [9.17, 15) is 4.79 Å². The van der Waals surface area contributed by atoms with Crippen LogP contribution >= 0.6 is 0 Å². The van der Waals surface area contributed by atoms with E-state index in [1.165, 1.54) is 0 Å². The van der Waals surface area contributed by atoms with Crippen LogP contribution in [0.15, 0.2) is 24.3 Å².